The van der Waals surface area contributed by atoms with Gasteiger partial charge in [-0.25, -0.2) is 4.79 Å². The van der Waals surface area contributed by atoms with Crippen LogP contribution in [0.1, 0.15) is 15.9 Å². The minimum atomic E-state index is -0.969. The molecule has 0 aliphatic heterocycles. The van der Waals surface area contributed by atoms with Gasteiger partial charge in [0.1, 0.15) is 5.75 Å². The van der Waals surface area contributed by atoms with E-state index in [1.54, 1.807) is 12.1 Å². The zero-order chi connectivity index (χ0) is 9.84. The van der Waals surface area contributed by atoms with Gasteiger partial charge in [0.05, 0.1) is 12.7 Å². The molecule has 0 amide bonds. The number of aromatic carboxylic acids is 1. The Morgan fingerprint density at radius 3 is 2.77 bits per heavy atom. The molecule has 1 aromatic rings. The molecule has 0 saturated carbocycles. The third-order valence-electron chi connectivity index (χ3n) is 1.76. The van der Waals surface area contributed by atoms with Crippen molar-refractivity contribution in [1.29, 1.82) is 0 Å². The zero-order valence-electron chi connectivity index (χ0n) is 7.28. The van der Waals surface area contributed by atoms with Crippen LogP contribution in [-0.4, -0.2) is 18.2 Å². The van der Waals surface area contributed by atoms with Gasteiger partial charge in [0.2, 0.25) is 0 Å². The Morgan fingerprint density at radius 1 is 1.62 bits per heavy atom. The standard InChI is InChI=1S/C9H11NO3/c1-13-7-2-3-8(9(11)12)6(4-7)5-10/h2-4H,5,10H2,1H3,(H,11,12). The van der Waals surface area contributed by atoms with Crippen LogP contribution in [-0.2, 0) is 6.54 Å². The van der Waals surface area contributed by atoms with Gasteiger partial charge in [-0.3, -0.25) is 0 Å². The predicted molar refractivity (Wildman–Crippen MR) is 47.8 cm³/mol. The van der Waals surface area contributed by atoms with Crippen LogP contribution < -0.4 is 10.5 Å². The second kappa shape index (κ2) is 3.91. The first-order valence-electron chi connectivity index (χ1n) is 3.79. The highest BCUT2D eigenvalue weighted by Gasteiger charge is 2.08. The smallest absolute Gasteiger partial charge is 0.336 e. The molecule has 70 valence electrons. The van der Waals surface area contributed by atoms with Gasteiger partial charge in [0.15, 0.2) is 0 Å². The number of hydrogen-bond acceptors (Lipinski definition) is 3. The third-order valence-corrected chi connectivity index (χ3v) is 1.76. The highest BCUT2D eigenvalue weighted by molar-refractivity contribution is 5.89. The van der Waals surface area contributed by atoms with E-state index in [1.807, 2.05) is 0 Å². The summed E-state index contributed by atoms with van der Waals surface area (Å²) in [6, 6.07) is 4.72. The first-order valence-corrected chi connectivity index (χ1v) is 3.79. The Bertz CT molecular complexity index is 323. The van der Waals surface area contributed by atoms with Crippen molar-refractivity contribution in [2.75, 3.05) is 7.11 Å². The molecular formula is C9H11NO3. The van der Waals surface area contributed by atoms with Gasteiger partial charge in [-0.15, -0.1) is 0 Å². The first kappa shape index (κ1) is 9.54. The largest absolute Gasteiger partial charge is 0.497 e. The second-order valence-electron chi connectivity index (χ2n) is 2.53. The van der Waals surface area contributed by atoms with E-state index in [9.17, 15) is 4.79 Å². The molecule has 1 aromatic carbocycles. The maximum absolute atomic E-state index is 10.7. The molecule has 4 heteroatoms. The van der Waals surface area contributed by atoms with Crippen LogP contribution >= 0.6 is 0 Å². The minimum Gasteiger partial charge on any atom is -0.497 e. The number of hydrogen-bond donors (Lipinski definition) is 2. The number of ether oxygens (including phenoxy) is 1. The van der Waals surface area contributed by atoms with Gasteiger partial charge < -0.3 is 15.6 Å². The molecule has 4 nitrogen and oxygen atoms in total. The van der Waals surface area contributed by atoms with E-state index in [4.69, 9.17) is 15.6 Å². The lowest BCUT2D eigenvalue weighted by Crippen LogP contribution is -2.06. The van der Waals surface area contributed by atoms with Crippen LogP contribution in [0.3, 0.4) is 0 Å². The summed E-state index contributed by atoms with van der Waals surface area (Å²) < 4.78 is 4.94. The number of carbonyl (C=O) groups is 1. The molecule has 0 aliphatic carbocycles. The van der Waals surface area contributed by atoms with Crippen LogP contribution in [0, 0.1) is 0 Å². The molecule has 0 aliphatic rings. The van der Waals surface area contributed by atoms with E-state index >= 15 is 0 Å². The monoisotopic (exact) mass is 181 g/mol. The van der Waals surface area contributed by atoms with Gasteiger partial charge in [0, 0.05) is 6.54 Å². The molecule has 0 unspecified atom stereocenters. The predicted octanol–water partition coefficient (Wildman–Crippen LogP) is 0.852. The SMILES string of the molecule is COc1ccc(C(=O)O)c(CN)c1. The van der Waals surface area contributed by atoms with Gasteiger partial charge in [-0.2, -0.15) is 0 Å². The molecule has 0 bridgehead atoms. The van der Waals surface area contributed by atoms with Gasteiger partial charge in [-0.1, -0.05) is 0 Å². The quantitative estimate of drug-likeness (QED) is 0.725. The Hall–Kier alpha value is -1.55. The van der Waals surface area contributed by atoms with Crippen molar-refractivity contribution >= 4 is 5.97 Å². The highest BCUT2D eigenvalue weighted by atomic mass is 16.5. The molecular weight excluding hydrogens is 170 g/mol. The summed E-state index contributed by atoms with van der Waals surface area (Å²) in [6.07, 6.45) is 0. The normalized spacial score (nSPS) is 9.69. The molecule has 13 heavy (non-hydrogen) atoms. The lowest BCUT2D eigenvalue weighted by molar-refractivity contribution is 0.0695. The molecule has 3 N–H and O–H groups in total. The summed E-state index contributed by atoms with van der Waals surface area (Å²) in [6.45, 7) is 0.193. The van der Waals surface area contributed by atoms with Crippen molar-refractivity contribution in [2.45, 2.75) is 6.54 Å². The van der Waals surface area contributed by atoms with E-state index in [-0.39, 0.29) is 12.1 Å². The topological polar surface area (TPSA) is 72.5 Å². The number of rotatable bonds is 3. The van der Waals surface area contributed by atoms with E-state index in [0.717, 1.165) is 0 Å². The summed E-state index contributed by atoms with van der Waals surface area (Å²) in [4.78, 5) is 10.7. The summed E-state index contributed by atoms with van der Waals surface area (Å²) in [5.74, 6) is -0.353. The first-order chi connectivity index (χ1) is 6.19. The van der Waals surface area contributed by atoms with Crippen molar-refractivity contribution in [3.8, 4) is 5.75 Å². The second-order valence-corrected chi connectivity index (χ2v) is 2.53. The van der Waals surface area contributed by atoms with Crippen molar-refractivity contribution in [3.63, 3.8) is 0 Å². The summed E-state index contributed by atoms with van der Waals surface area (Å²) in [7, 11) is 1.52. The summed E-state index contributed by atoms with van der Waals surface area (Å²) >= 11 is 0. The Balaban J connectivity index is 3.15. The molecule has 0 aromatic heterocycles. The van der Waals surface area contributed by atoms with E-state index < -0.39 is 5.97 Å². The summed E-state index contributed by atoms with van der Waals surface area (Å²) in [5, 5.41) is 8.76. The highest BCUT2D eigenvalue weighted by Crippen LogP contribution is 2.17. The van der Waals surface area contributed by atoms with Gasteiger partial charge in [-0.05, 0) is 23.8 Å². The average Bonchev–Trinajstić information content (AvgIpc) is 2.16. The lowest BCUT2D eigenvalue weighted by Gasteiger charge is -2.05. The van der Waals surface area contributed by atoms with Crippen molar-refractivity contribution in [3.05, 3.63) is 29.3 Å². The molecule has 0 atom stereocenters. The van der Waals surface area contributed by atoms with Crippen LogP contribution in [0.4, 0.5) is 0 Å². The number of methoxy groups -OCH3 is 1. The Labute approximate surface area is 75.9 Å². The Kier molecular flexibility index (Phi) is 2.87. The third kappa shape index (κ3) is 1.97. The van der Waals surface area contributed by atoms with Crippen LogP contribution in [0.15, 0.2) is 18.2 Å². The fraction of sp³-hybridized carbons (Fsp3) is 0.222. The number of benzene rings is 1. The van der Waals surface area contributed by atoms with E-state index in [0.29, 0.717) is 11.3 Å². The lowest BCUT2D eigenvalue weighted by atomic mass is 10.1. The number of carboxylic acids is 1. The van der Waals surface area contributed by atoms with Crippen LogP contribution in [0.5, 0.6) is 5.75 Å². The Morgan fingerprint density at radius 2 is 2.31 bits per heavy atom. The maximum atomic E-state index is 10.7. The number of nitrogens with two attached hydrogens (primary N) is 1. The van der Waals surface area contributed by atoms with Crippen LogP contribution in [0.25, 0.3) is 0 Å². The van der Waals surface area contributed by atoms with Gasteiger partial charge >= 0.3 is 5.97 Å². The fourth-order valence-corrected chi connectivity index (χ4v) is 1.07. The van der Waals surface area contributed by atoms with Crippen molar-refractivity contribution in [1.82, 2.24) is 0 Å². The molecule has 0 spiro atoms. The van der Waals surface area contributed by atoms with E-state index in [2.05, 4.69) is 0 Å². The molecule has 0 saturated heterocycles. The number of carboxylic acid groups (broad SMARTS) is 1. The average molecular weight is 181 g/mol. The molecule has 1 rings (SSSR count). The summed E-state index contributed by atoms with van der Waals surface area (Å²) in [5.41, 5.74) is 6.19. The van der Waals surface area contributed by atoms with Gasteiger partial charge in [0.25, 0.3) is 0 Å². The minimum absolute atomic E-state index is 0.193. The molecule has 0 radical (unpaired) electrons. The van der Waals surface area contributed by atoms with Crippen molar-refractivity contribution < 1.29 is 14.6 Å². The van der Waals surface area contributed by atoms with Crippen molar-refractivity contribution in [2.24, 2.45) is 5.73 Å². The molecule has 0 heterocycles. The zero-order valence-corrected chi connectivity index (χ0v) is 7.28. The van der Waals surface area contributed by atoms with E-state index in [1.165, 1.54) is 13.2 Å². The van der Waals surface area contributed by atoms with Crippen LogP contribution in [0.2, 0.25) is 0 Å². The molecule has 0 fully saturated rings. The fourth-order valence-electron chi connectivity index (χ4n) is 1.07. The maximum Gasteiger partial charge on any atom is 0.336 e.